The second-order valence-corrected chi connectivity index (χ2v) is 3.78. The van der Waals surface area contributed by atoms with E-state index in [2.05, 4.69) is 35.2 Å². The predicted molar refractivity (Wildman–Crippen MR) is 61.8 cm³/mol. The molecule has 0 bridgehead atoms. The third kappa shape index (κ3) is 2.22. The van der Waals surface area contributed by atoms with E-state index in [0.29, 0.717) is 0 Å². The minimum Gasteiger partial charge on any atom is -0.334 e. The van der Waals surface area contributed by atoms with Crippen LogP contribution in [0.3, 0.4) is 0 Å². The number of rotatable bonds is 2. The van der Waals surface area contributed by atoms with E-state index >= 15 is 0 Å². The molecule has 1 aliphatic heterocycles. The average molecular weight is 193 g/mol. The standard InChI is InChI=1S/C11H19N3/c1-5-11(4)7-9(3)13-8-14-10(11)12-6-2/h7-8H,5-6H2,1-4H3,(H,12,13,14)/t11-/m0/s1. The third-order valence-electron chi connectivity index (χ3n) is 2.59. The zero-order chi connectivity index (χ0) is 10.6. The van der Waals surface area contributed by atoms with Gasteiger partial charge in [0, 0.05) is 17.7 Å². The lowest BCUT2D eigenvalue weighted by Gasteiger charge is -2.25. The highest BCUT2D eigenvalue weighted by molar-refractivity contribution is 5.98. The summed E-state index contributed by atoms with van der Waals surface area (Å²) in [4.78, 5) is 8.72. The number of nitrogens with one attached hydrogen (secondary N) is 1. The van der Waals surface area contributed by atoms with Gasteiger partial charge in [-0.05, 0) is 33.3 Å². The zero-order valence-electron chi connectivity index (χ0n) is 9.46. The average Bonchev–Trinajstić information content (AvgIpc) is 2.28. The molecular weight excluding hydrogens is 174 g/mol. The fraction of sp³-hybridized carbons (Fsp3) is 0.636. The van der Waals surface area contributed by atoms with Crippen molar-refractivity contribution in [2.75, 3.05) is 6.54 Å². The third-order valence-corrected chi connectivity index (χ3v) is 2.59. The minimum atomic E-state index is -0.00338. The van der Waals surface area contributed by atoms with E-state index in [1.54, 1.807) is 6.34 Å². The van der Waals surface area contributed by atoms with Crippen molar-refractivity contribution in [3.63, 3.8) is 0 Å². The number of allylic oxidation sites excluding steroid dienone is 1. The molecule has 1 rings (SSSR count). The lowest BCUT2D eigenvalue weighted by atomic mass is 9.85. The Hall–Kier alpha value is -1.12. The molecule has 0 fully saturated rings. The first-order valence-electron chi connectivity index (χ1n) is 5.16. The number of amidine groups is 1. The van der Waals surface area contributed by atoms with Gasteiger partial charge >= 0.3 is 0 Å². The van der Waals surface area contributed by atoms with Gasteiger partial charge in [-0.25, -0.2) is 4.99 Å². The normalized spacial score (nSPS) is 29.7. The Kier molecular flexibility index (Phi) is 3.44. The van der Waals surface area contributed by atoms with Gasteiger partial charge in [-0.15, -0.1) is 0 Å². The van der Waals surface area contributed by atoms with Crippen molar-refractivity contribution in [1.82, 2.24) is 5.32 Å². The Bertz CT molecular complexity index is 289. The molecule has 0 aromatic carbocycles. The number of hydrogen-bond donors (Lipinski definition) is 1. The topological polar surface area (TPSA) is 36.8 Å². The van der Waals surface area contributed by atoms with E-state index < -0.39 is 0 Å². The lowest BCUT2D eigenvalue weighted by molar-refractivity contribution is 0.557. The molecule has 3 heteroatoms. The molecule has 1 atom stereocenters. The highest BCUT2D eigenvalue weighted by Crippen LogP contribution is 2.27. The molecule has 1 heterocycles. The van der Waals surface area contributed by atoms with Gasteiger partial charge in [-0.2, -0.15) is 0 Å². The molecule has 0 radical (unpaired) electrons. The molecular formula is C11H19N3. The molecule has 14 heavy (non-hydrogen) atoms. The van der Waals surface area contributed by atoms with Crippen molar-refractivity contribution < 1.29 is 0 Å². The van der Waals surface area contributed by atoms with Gasteiger partial charge < -0.3 is 5.32 Å². The summed E-state index contributed by atoms with van der Waals surface area (Å²) in [7, 11) is 0. The van der Waals surface area contributed by atoms with Crippen molar-refractivity contribution in [2.24, 2.45) is 15.4 Å². The number of nitrogens with zero attached hydrogens (tertiary/aromatic N) is 2. The fourth-order valence-electron chi connectivity index (χ4n) is 1.58. The van der Waals surface area contributed by atoms with Gasteiger partial charge in [0.15, 0.2) is 0 Å². The van der Waals surface area contributed by atoms with Crippen molar-refractivity contribution in [3.8, 4) is 0 Å². The van der Waals surface area contributed by atoms with Crippen LogP contribution in [0.2, 0.25) is 0 Å². The largest absolute Gasteiger partial charge is 0.334 e. The van der Waals surface area contributed by atoms with Crippen LogP contribution in [0.25, 0.3) is 0 Å². The van der Waals surface area contributed by atoms with Gasteiger partial charge in [0.25, 0.3) is 0 Å². The molecule has 3 nitrogen and oxygen atoms in total. The molecule has 0 amide bonds. The lowest BCUT2D eigenvalue weighted by Crippen LogP contribution is -2.36. The van der Waals surface area contributed by atoms with Gasteiger partial charge in [-0.1, -0.05) is 6.92 Å². The van der Waals surface area contributed by atoms with Crippen molar-refractivity contribution in [2.45, 2.75) is 34.1 Å². The SMILES string of the molecule is CCN=C1NC=NC(C)=C[C@]1(C)CC. The van der Waals surface area contributed by atoms with E-state index in [1.165, 1.54) is 0 Å². The Balaban J connectivity index is 3.06. The molecule has 0 spiro atoms. The van der Waals surface area contributed by atoms with Gasteiger partial charge in [0.1, 0.15) is 5.84 Å². The molecule has 1 N–H and O–H groups in total. The van der Waals surface area contributed by atoms with E-state index in [9.17, 15) is 0 Å². The molecule has 0 saturated heterocycles. The molecule has 0 saturated carbocycles. The highest BCUT2D eigenvalue weighted by atomic mass is 15.0. The number of hydrogen-bond acceptors (Lipinski definition) is 2. The molecule has 0 aliphatic carbocycles. The van der Waals surface area contributed by atoms with Crippen molar-refractivity contribution in [3.05, 3.63) is 11.8 Å². The van der Waals surface area contributed by atoms with Crippen LogP contribution < -0.4 is 5.32 Å². The zero-order valence-corrected chi connectivity index (χ0v) is 9.46. The Morgan fingerprint density at radius 2 is 2.21 bits per heavy atom. The summed E-state index contributed by atoms with van der Waals surface area (Å²) in [6, 6.07) is 0. The smallest absolute Gasteiger partial charge is 0.111 e. The first-order chi connectivity index (χ1) is 6.62. The molecule has 0 aromatic heterocycles. The van der Waals surface area contributed by atoms with Crippen LogP contribution >= 0.6 is 0 Å². The summed E-state index contributed by atoms with van der Waals surface area (Å²) >= 11 is 0. The quantitative estimate of drug-likeness (QED) is 0.718. The van der Waals surface area contributed by atoms with Crippen LogP contribution in [0.5, 0.6) is 0 Å². The summed E-state index contributed by atoms with van der Waals surface area (Å²) in [5, 5.41) is 3.16. The second kappa shape index (κ2) is 4.40. The maximum atomic E-state index is 4.47. The number of aliphatic imine (C=N–C) groups is 2. The maximum absolute atomic E-state index is 4.47. The Labute approximate surface area is 86.0 Å². The van der Waals surface area contributed by atoms with Gasteiger partial charge in [0.05, 0.1) is 6.34 Å². The van der Waals surface area contributed by atoms with Crippen LogP contribution in [-0.4, -0.2) is 18.7 Å². The second-order valence-electron chi connectivity index (χ2n) is 3.78. The molecule has 1 aliphatic rings. The van der Waals surface area contributed by atoms with Gasteiger partial charge in [-0.3, -0.25) is 4.99 Å². The molecule has 0 aromatic rings. The molecule has 78 valence electrons. The van der Waals surface area contributed by atoms with E-state index in [-0.39, 0.29) is 5.41 Å². The summed E-state index contributed by atoms with van der Waals surface area (Å²) in [6.07, 6.45) is 4.93. The summed E-state index contributed by atoms with van der Waals surface area (Å²) in [5.41, 5.74) is 1.04. The Morgan fingerprint density at radius 3 is 2.79 bits per heavy atom. The minimum absolute atomic E-state index is 0.00338. The first-order valence-corrected chi connectivity index (χ1v) is 5.16. The monoisotopic (exact) mass is 193 g/mol. The van der Waals surface area contributed by atoms with Crippen LogP contribution in [0.15, 0.2) is 21.8 Å². The van der Waals surface area contributed by atoms with E-state index in [4.69, 9.17) is 0 Å². The van der Waals surface area contributed by atoms with Crippen LogP contribution in [0.4, 0.5) is 0 Å². The highest BCUT2D eigenvalue weighted by Gasteiger charge is 2.27. The fourth-order valence-corrected chi connectivity index (χ4v) is 1.58. The van der Waals surface area contributed by atoms with Crippen molar-refractivity contribution in [1.29, 1.82) is 0 Å². The van der Waals surface area contributed by atoms with Crippen LogP contribution in [0.1, 0.15) is 34.1 Å². The maximum Gasteiger partial charge on any atom is 0.111 e. The van der Waals surface area contributed by atoms with E-state index in [0.717, 1.165) is 24.5 Å². The predicted octanol–water partition coefficient (Wildman–Crippen LogP) is 2.36. The van der Waals surface area contributed by atoms with E-state index in [1.807, 2.05) is 13.8 Å². The first kappa shape index (κ1) is 11.0. The van der Waals surface area contributed by atoms with Crippen LogP contribution in [-0.2, 0) is 0 Å². The summed E-state index contributed by atoms with van der Waals surface area (Å²) < 4.78 is 0. The van der Waals surface area contributed by atoms with Crippen molar-refractivity contribution >= 4 is 12.2 Å². The summed E-state index contributed by atoms with van der Waals surface area (Å²) in [6.45, 7) is 9.22. The van der Waals surface area contributed by atoms with Crippen LogP contribution in [0, 0.1) is 5.41 Å². The molecule has 0 unspecified atom stereocenters. The summed E-state index contributed by atoms with van der Waals surface area (Å²) in [5.74, 6) is 1.02. The Morgan fingerprint density at radius 1 is 1.50 bits per heavy atom. The van der Waals surface area contributed by atoms with Gasteiger partial charge in [0.2, 0.25) is 0 Å².